The van der Waals surface area contributed by atoms with Gasteiger partial charge in [-0.1, -0.05) is 29.8 Å². The molecule has 1 unspecified atom stereocenters. The second-order valence-corrected chi connectivity index (χ2v) is 5.44. The molecule has 1 atom stereocenters. The molecule has 0 amide bonds. The normalized spacial score (nSPS) is 16.4. The summed E-state index contributed by atoms with van der Waals surface area (Å²) in [6, 6.07) is 14.0. The van der Waals surface area contributed by atoms with Crippen LogP contribution >= 0.6 is 0 Å². The van der Waals surface area contributed by atoms with Crippen molar-refractivity contribution in [2.24, 2.45) is 0 Å². The first kappa shape index (κ1) is 14.7. The van der Waals surface area contributed by atoms with Gasteiger partial charge in [0.15, 0.2) is 11.5 Å². The Morgan fingerprint density at radius 1 is 1.18 bits per heavy atom. The van der Waals surface area contributed by atoms with Gasteiger partial charge >= 0.3 is 0 Å². The minimum absolute atomic E-state index is 0.0192. The third-order valence-corrected chi connectivity index (χ3v) is 3.69. The van der Waals surface area contributed by atoms with E-state index >= 15 is 0 Å². The van der Waals surface area contributed by atoms with Crippen molar-refractivity contribution in [3.63, 3.8) is 0 Å². The summed E-state index contributed by atoms with van der Waals surface area (Å²) in [5.74, 6) is 2.54. The highest BCUT2D eigenvalue weighted by Crippen LogP contribution is 2.30. The summed E-state index contributed by atoms with van der Waals surface area (Å²) in [7, 11) is 1.70. The summed E-state index contributed by atoms with van der Waals surface area (Å²) < 4.78 is 17.0. The molecule has 1 heterocycles. The smallest absolute Gasteiger partial charge is 0.161 e. The van der Waals surface area contributed by atoms with Crippen molar-refractivity contribution in [2.45, 2.75) is 19.6 Å². The number of ether oxygens (including phenoxy) is 3. The van der Waals surface area contributed by atoms with Crippen molar-refractivity contribution < 1.29 is 14.2 Å². The number of hydrogen-bond donors (Lipinski definition) is 1. The van der Waals surface area contributed by atoms with Crippen LogP contribution in [-0.4, -0.2) is 26.4 Å². The Morgan fingerprint density at radius 3 is 2.82 bits per heavy atom. The van der Waals surface area contributed by atoms with Crippen LogP contribution in [0.5, 0.6) is 17.2 Å². The van der Waals surface area contributed by atoms with E-state index in [1.54, 1.807) is 7.11 Å². The zero-order chi connectivity index (χ0) is 15.4. The average Bonchev–Trinajstić information content (AvgIpc) is 2.55. The molecule has 0 aromatic heterocycles. The lowest BCUT2D eigenvalue weighted by Gasteiger charge is -2.26. The fourth-order valence-electron chi connectivity index (χ4n) is 2.58. The molecule has 0 spiro atoms. The largest absolute Gasteiger partial charge is 0.496 e. The molecule has 0 fully saturated rings. The van der Waals surface area contributed by atoms with Gasteiger partial charge in [0, 0.05) is 18.7 Å². The highest BCUT2D eigenvalue weighted by Gasteiger charge is 2.20. The van der Waals surface area contributed by atoms with Crippen molar-refractivity contribution in [1.29, 1.82) is 0 Å². The van der Waals surface area contributed by atoms with Crippen LogP contribution in [0.15, 0.2) is 42.5 Å². The molecule has 1 N–H and O–H groups in total. The zero-order valence-corrected chi connectivity index (χ0v) is 13.0. The Hall–Kier alpha value is -2.20. The zero-order valence-electron chi connectivity index (χ0n) is 13.0. The van der Waals surface area contributed by atoms with Crippen LogP contribution in [0.2, 0.25) is 0 Å². The lowest BCUT2D eigenvalue weighted by molar-refractivity contribution is 0.0902. The maximum absolute atomic E-state index is 5.93. The number of fused-ring (bicyclic) bond motifs is 1. The van der Waals surface area contributed by atoms with Crippen molar-refractivity contribution in [1.82, 2.24) is 5.32 Å². The number of nitrogens with one attached hydrogen (secondary N) is 1. The van der Waals surface area contributed by atoms with E-state index in [1.165, 1.54) is 5.56 Å². The highest BCUT2D eigenvalue weighted by atomic mass is 16.6. The molecule has 2 aromatic rings. The molecule has 3 rings (SSSR count). The molecule has 1 aliphatic rings. The van der Waals surface area contributed by atoms with Gasteiger partial charge in [0.05, 0.1) is 7.11 Å². The van der Waals surface area contributed by atoms with Gasteiger partial charge < -0.3 is 19.5 Å². The first-order valence-electron chi connectivity index (χ1n) is 7.49. The molecule has 0 radical (unpaired) electrons. The topological polar surface area (TPSA) is 39.7 Å². The number of hydrogen-bond acceptors (Lipinski definition) is 4. The van der Waals surface area contributed by atoms with E-state index in [-0.39, 0.29) is 6.10 Å². The fourth-order valence-corrected chi connectivity index (χ4v) is 2.58. The summed E-state index contributed by atoms with van der Waals surface area (Å²) in [4.78, 5) is 0. The fraction of sp³-hybridized carbons (Fsp3) is 0.333. The molecule has 4 heteroatoms. The lowest BCUT2D eigenvalue weighted by Crippen LogP contribution is -2.38. The van der Waals surface area contributed by atoms with E-state index in [2.05, 4.69) is 24.4 Å². The van der Waals surface area contributed by atoms with E-state index in [0.717, 1.165) is 35.9 Å². The predicted molar refractivity (Wildman–Crippen MR) is 85.8 cm³/mol. The van der Waals surface area contributed by atoms with Crippen LogP contribution in [0.1, 0.15) is 11.1 Å². The molecule has 0 aliphatic carbocycles. The summed E-state index contributed by atoms with van der Waals surface area (Å²) >= 11 is 0. The van der Waals surface area contributed by atoms with E-state index in [9.17, 15) is 0 Å². The third-order valence-electron chi connectivity index (χ3n) is 3.69. The van der Waals surface area contributed by atoms with Gasteiger partial charge in [-0.25, -0.2) is 0 Å². The second kappa shape index (κ2) is 6.71. The van der Waals surface area contributed by atoms with Crippen LogP contribution in [0, 0.1) is 6.92 Å². The van der Waals surface area contributed by atoms with Crippen LogP contribution in [0.4, 0.5) is 0 Å². The molecule has 116 valence electrons. The second-order valence-electron chi connectivity index (χ2n) is 5.44. The first-order chi connectivity index (χ1) is 10.8. The Labute approximate surface area is 131 Å². The van der Waals surface area contributed by atoms with Gasteiger partial charge in [0.25, 0.3) is 0 Å². The monoisotopic (exact) mass is 299 g/mol. The van der Waals surface area contributed by atoms with E-state index in [0.29, 0.717) is 6.61 Å². The van der Waals surface area contributed by atoms with Crippen molar-refractivity contribution in [2.75, 3.05) is 20.3 Å². The van der Waals surface area contributed by atoms with Gasteiger partial charge in [0.2, 0.25) is 0 Å². The van der Waals surface area contributed by atoms with E-state index in [1.807, 2.05) is 30.3 Å². The van der Waals surface area contributed by atoms with Gasteiger partial charge in [-0.15, -0.1) is 0 Å². The molecular formula is C18H21NO3. The van der Waals surface area contributed by atoms with Crippen LogP contribution in [0.25, 0.3) is 0 Å². The Bertz CT molecular complexity index is 642. The SMILES string of the molecule is COc1ccc(C)cc1CNCC1COc2ccccc2O1. The van der Waals surface area contributed by atoms with Crippen LogP contribution in [-0.2, 0) is 6.54 Å². The number of benzene rings is 2. The number of para-hydroxylation sites is 2. The maximum atomic E-state index is 5.93. The number of methoxy groups -OCH3 is 1. The van der Waals surface area contributed by atoms with Gasteiger partial charge in [0.1, 0.15) is 18.5 Å². The van der Waals surface area contributed by atoms with Crippen molar-refractivity contribution in [3.8, 4) is 17.2 Å². The Kier molecular flexibility index (Phi) is 4.49. The molecule has 0 saturated carbocycles. The number of rotatable bonds is 5. The molecule has 1 aliphatic heterocycles. The number of aryl methyl sites for hydroxylation is 1. The molecule has 2 aromatic carbocycles. The highest BCUT2D eigenvalue weighted by molar-refractivity contribution is 5.40. The quantitative estimate of drug-likeness (QED) is 0.921. The third kappa shape index (κ3) is 3.34. The van der Waals surface area contributed by atoms with E-state index < -0.39 is 0 Å². The van der Waals surface area contributed by atoms with Gasteiger partial charge in [-0.3, -0.25) is 0 Å². The van der Waals surface area contributed by atoms with E-state index in [4.69, 9.17) is 14.2 Å². The van der Waals surface area contributed by atoms with Gasteiger partial charge in [-0.05, 0) is 25.1 Å². The van der Waals surface area contributed by atoms with Crippen LogP contribution in [0.3, 0.4) is 0 Å². The minimum atomic E-state index is 0.0192. The Morgan fingerprint density at radius 2 is 2.00 bits per heavy atom. The maximum Gasteiger partial charge on any atom is 0.161 e. The summed E-state index contributed by atoms with van der Waals surface area (Å²) in [6.45, 7) is 4.12. The minimum Gasteiger partial charge on any atom is -0.496 e. The van der Waals surface area contributed by atoms with Crippen molar-refractivity contribution >= 4 is 0 Å². The molecule has 4 nitrogen and oxygen atoms in total. The average molecular weight is 299 g/mol. The molecule has 22 heavy (non-hydrogen) atoms. The van der Waals surface area contributed by atoms with Gasteiger partial charge in [-0.2, -0.15) is 0 Å². The Balaban J connectivity index is 1.55. The molecule has 0 bridgehead atoms. The predicted octanol–water partition coefficient (Wildman–Crippen LogP) is 2.93. The van der Waals surface area contributed by atoms with Crippen molar-refractivity contribution in [3.05, 3.63) is 53.6 Å². The van der Waals surface area contributed by atoms with Crippen LogP contribution < -0.4 is 19.5 Å². The molecule has 0 saturated heterocycles. The standard InChI is InChI=1S/C18H21NO3/c1-13-7-8-16(20-2)14(9-13)10-19-11-15-12-21-17-5-3-4-6-18(17)22-15/h3-9,15,19H,10-12H2,1-2H3. The summed E-state index contributed by atoms with van der Waals surface area (Å²) in [5.41, 5.74) is 2.38. The lowest BCUT2D eigenvalue weighted by atomic mass is 10.1. The summed E-state index contributed by atoms with van der Waals surface area (Å²) in [5, 5.41) is 3.42. The molecular weight excluding hydrogens is 278 g/mol. The first-order valence-corrected chi connectivity index (χ1v) is 7.49. The summed E-state index contributed by atoms with van der Waals surface area (Å²) in [6.07, 6.45) is 0.0192.